The van der Waals surface area contributed by atoms with E-state index >= 15 is 0 Å². The number of aryl methyl sites for hydroxylation is 1. The molecule has 1 aromatic rings. The molecule has 1 fully saturated rings. The number of nitrogens with one attached hydrogen (secondary N) is 1. The summed E-state index contributed by atoms with van der Waals surface area (Å²) in [5, 5.41) is 3.19. The van der Waals surface area contributed by atoms with Gasteiger partial charge < -0.3 is 10.2 Å². The van der Waals surface area contributed by atoms with Crippen LogP contribution in [0.25, 0.3) is 0 Å². The lowest BCUT2D eigenvalue weighted by atomic mass is 9.99. The van der Waals surface area contributed by atoms with Crippen molar-refractivity contribution in [3.8, 4) is 0 Å². The molecule has 1 saturated heterocycles. The zero-order valence-electron chi connectivity index (χ0n) is 12.8. The van der Waals surface area contributed by atoms with E-state index < -0.39 is 0 Å². The number of likely N-dealkylation sites (tertiary alicyclic amines) is 1. The first-order chi connectivity index (χ1) is 9.65. The molecular weight excluding hydrogens is 250 g/mol. The Morgan fingerprint density at radius 3 is 2.90 bits per heavy atom. The second kappa shape index (κ2) is 6.73. The van der Waals surface area contributed by atoms with Gasteiger partial charge in [0.05, 0.1) is 0 Å². The van der Waals surface area contributed by atoms with Gasteiger partial charge in [0.2, 0.25) is 0 Å². The Labute approximate surface area is 121 Å². The van der Waals surface area contributed by atoms with Gasteiger partial charge in [-0.3, -0.25) is 4.79 Å². The van der Waals surface area contributed by atoms with Crippen molar-refractivity contribution in [2.75, 3.05) is 18.4 Å². The summed E-state index contributed by atoms with van der Waals surface area (Å²) in [5.41, 5.74) is 1.64. The minimum atomic E-state index is 0.154. The molecule has 1 aliphatic heterocycles. The van der Waals surface area contributed by atoms with E-state index in [1.807, 2.05) is 30.9 Å². The van der Waals surface area contributed by atoms with Gasteiger partial charge in [-0.05, 0) is 51.7 Å². The molecule has 0 aromatic carbocycles. The second-order valence-corrected chi connectivity index (χ2v) is 5.47. The maximum absolute atomic E-state index is 12.7. The molecule has 0 radical (unpaired) electrons. The molecule has 1 N–H and O–H groups in total. The van der Waals surface area contributed by atoms with Gasteiger partial charge in [0.1, 0.15) is 5.82 Å². The Bertz CT molecular complexity index is 473. The molecule has 4 heteroatoms. The predicted molar refractivity (Wildman–Crippen MR) is 82.1 cm³/mol. The first kappa shape index (κ1) is 14.8. The quantitative estimate of drug-likeness (QED) is 0.917. The molecule has 0 saturated carbocycles. The van der Waals surface area contributed by atoms with Gasteiger partial charge in [0, 0.05) is 30.4 Å². The lowest BCUT2D eigenvalue weighted by Gasteiger charge is -2.35. The van der Waals surface area contributed by atoms with Gasteiger partial charge in [0.15, 0.2) is 0 Å². The van der Waals surface area contributed by atoms with E-state index in [1.165, 1.54) is 6.42 Å². The second-order valence-electron chi connectivity index (χ2n) is 5.47. The van der Waals surface area contributed by atoms with Crippen molar-refractivity contribution in [2.24, 2.45) is 0 Å². The van der Waals surface area contributed by atoms with Crippen LogP contribution in [0.2, 0.25) is 0 Å². The first-order valence-corrected chi connectivity index (χ1v) is 7.69. The van der Waals surface area contributed by atoms with Crippen molar-refractivity contribution in [1.82, 2.24) is 9.88 Å². The monoisotopic (exact) mass is 275 g/mol. The summed E-state index contributed by atoms with van der Waals surface area (Å²) in [6.07, 6.45) is 4.52. The molecule has 1 unspecified atom stereocenters. The summed E-state index contributed by atoms with van der Waals surface area (Å²) in [4.78, 5) is 19.2. The number of amides is 1. The summed E-state index contributed by atoms with van der Waals surface area (Å²) >= 11 is 0. The van der Waals surface area contributed by atoms with Crippen molar-refractivity contribution >= 4 is 11.7 Å². The topological polar surface area (TPSA) is 45.2 Å². The normalized spacial score (nSPS) is 18.9. The van der Waals surface area contributed by atoms with E-state index in [9.17, 15) is 4.79 Å². The molecule has 0 aliphatic carbocycles. The smallest absolute Gasteiger partial charge is 0.254 e. The van der Waals surface area contributed by atoms with Gasteiger partial charge in [-0.25, -0.2) is 4.98 Å². The van der Waals surface area contributed by atoms with Gasteiger partial charge in [-0.1, -0.05) is 6.92 Å². The number of hydrogen-bond acceptors (Lipinski definition) is 3. The molecule has 1 aromatic heterocycles. The van der Waals surface area contributed by atoms with Crippen LogP contribution in [0.5, 0.6) is 0 Å². The Balaban J connectivity index is 2.23. The van der Waals surface area contributed by atoms with Crippen LogP contribution in [-0.4, -0.2) is 34.9 Å². The fourth-order valence-electron chi connectivity index (χ4n) is 2.92. The zero-order chi connectivity index (χ0) is 14.5. The summed E-state index contributed by atoms with van der Waals surface area (Å²) in [6, 6.07) is 4.16. The van der Waals surface area contributed by atoms with Gasteiger partial charge in [-0.15, -0.1) is 0 Å². The standard InChI is InChI=1S/C16H25N3O/c1-4-14-8-6-7-9-19(14)16(20)13-10-12(3)18-15(11-13)17-5-2/h10-11,14H,4-9H2,1-3H3,(H,17,18). The van der Waals surface area contributed by atoms with Crippen LogP contribution in [0.1, 0.15) is 55.6 Å². The number of carbonyl (C=O) groups excluding carboxylic acids is 1. The van der Waals surface area contributed by atoms with Crippen LogP contribution in [0.4, 0.5) is 5.82 Å². The third kappa shape index (κ3) is 3.30. The number of nitrogens with zero attached hydrogens (tertiary/aromatic N) is 2. The molecule has 4 nitrogen and oxygen atoms in total. The molecule has 2 rings (SSSR count). The van der Waals surface area contributed by atoms with Crippen LogP contribution in [-0.2, 0) is 0 Å². The van der Waals surface area contributed by atoms with Gasteiger partial charge in [0.25, 0.3) is 5.91 Å². The molecule has 0 spiro atoms. The Hall–Kier alpha value is -1.58. The van der Waals surface area contributed by atoms with Crippen molar-refractivity contribution in [3.63, 3.8) is 0 Å². The van der Waals surface area contributed by atoms with E-state index in [0.717, 1.165) is 49.4 Å². The highest BCUT2D eigenvalue weighted by Crippen LogP contribution is 2.22. The highest BCUT2D eigenvalue weighted by atomic mass is 16.2. The molecule has 20 heavy (non-hydrogen) atoms. The number of aromatic nitrogens is 1. The number of carbonyl (C=O) groups is 1. The third-order valence-electron chi connectivity index (χ3n) is 3.92. The lowest BCUT2D eigenvalue weighted by Crippen LogP contribution is -2.43. The zero-order valence-corrected chi connectivity index (χ0v) is 12.8. The average molecular weight is 275 g/mol. The van der Waals surface area contributed by atoms with E-state index in [2.05, 4.69) is 17.2 Å². The van der Waals surface area contributed by atoms with E-state index in [-0.39, 0.29) is 5.91 Å². The summed E-state index contributed by atoms with van der Waals surface area (Å²) in [5.74, 6) is 0.946. The summed E-state index contributed by atoms with van der Waals surface area (Å²) < 4.78 is 0. The van der Waals surface area contributed by atoms with Crippen molar-refractivity contribution in [1.29, 1.82) is 0 Å². The number of anilines is 1. The van der Waals surface area contributed by atoms with Gasteiger partial charge >= 0.3 is 0 Å². The van der Waals surface area contributed by atoms with Gasteiger partial charge in [-0.2, -0.15) is 0 Å². The molecule has 1 atom stereocenters. The van der Waals surface area contributed by atoms with Crippen LogP contribution >= 0.6 is 0 Å². The van der Waals surface area contributed by atoms with E-state index in [1.54, 1.807) is 0 Å². The van der Waals surface area contributed by atoms with Crippen LogP contribution in [0.3, 0.4) is 0 Å². The van der Waals surface area contributed by atoms with E-state index in [0.29, 0.717) is 6.04 Å². The largest absolute Gasteiger partial charge is 0.370 e. The van der Waals surface area contributed by atoms with Crippen molar-refractivity contribution < 1.29 is 4.79 Å². The fraction of sp³-hybridized carbons (Fsp3) is 0.625. The maximum atomic E-state index is 12.7. The third-order valence-corrected chi connectivity index (χ3v) is 3.92. The Morgan fingerprint density at radius 2 is 2.20 bits per heavy atom. The van der Waals surface area contributed by atoms with Crippen molar-refractivity contribution in [2.45, 2.75) is 52.5 Å². The predicted octanol–water partition coefficient (Wildman–Crippen LogP) is 3.23. The molecule has 0 bridgehead atoms. The minimum Gasteiger partial charge on any atom is -0.370 e. The summed E-state index contributed by atoms with van der Waals surface area (Å²) in [7, 11) is 0. The molecule has 1 amide bonds. The molecule has 1 aliphatic rings. The van der Waals surface area contributed by atoms with Crippen molar-refractivity contribution in [3.05, 3.63) is 23.4 Å². The maximum Gasteiger partial charge on any atom is 0.254 e. The SMILES string of the molecule is CCNc1cc(C(=O)N2CCCCC2CC)cc(C)n1. The molecule has 110 valence electrons. The number of piperidine rings is 1. The Morgan fingerprint density at radius 1 is 1.40 bits per heavy atom. The van der Waals surface area contributed by atoms with Crippen LogP contribution < -0.4 is 5.32 Å². The number of rotatable bonds is 4. The Kier molecular flexibility index (Phi) is 4.99. The average Bonchev–Trinajstić information content (AvgIpc) is 2.46. The highest BCUT2D eigenvalue weighted by molar-refractivity contribution is 5.95. The highest BCUT2D eigenvalue weighted by Gasteiger charge is 2.26. The van der Waals surface area contributed by atoms with Crippen LogP contribution in [0, 0.1) is 6.92 Å². The number of pyridine rings is 1. The lowest BCUT2D eigenvalue weighted by molar-refractivity contribution is 0.0608. The van der Waals surface area contributed by atoms with E-state index in [4.69, 9.17) is 0 Å². The minimum absolute atomic E-state index is 0.154. The molecular formula is C16H25N3O. The van der Waals surface area contributed by atoms with Crippen LogP contribution in [0.15, 0.2) is 12.1 Å². The summed E-state index contributed by atoms with van der Waals surface area (Å²) in [6.45, 7) is 7.83. The first-order valence-electron chi connectivity index (χ1n) is 7.69. The number of hydrogen-bond donors (Lipinski definition) is 1. The fourth-order valence-corrected chi connectivity index (χ4v) is 2.92. The molecule has 2 heterocycles.